The summed E-state index contributed by atoms with van der Waals surface area (Å²) >= 11 is 0. The highest BCUT2D eigenvalue weighted by Crippen LogP contribution is 2.24. The van der Waals surface area contributed by atoms with Crippen LogP contribution in [0.2, 0.25) is 0 Å². The van der Waals surface area contributed by atoms with Crippen molar-refractivity contribution in [2.45, 2.75) is 38.3 Å². The van der Waals surface area contributed by atoms with Crippen LogP contribution in [-0.4, -0.2) is 40.2 Å². The molecule has 20 heavy (non-hydrogen) atoms. The Kier molecular flexibility index (Phi) is 5.38. The van der Waals surface area contributed by atoms with Crippen molar-refractivity contribution in [3.8, 4) is 0 Å². The van der Waals surface area contributed by atoms with Gasteiger partial charge in [0.05, 0.1) is 6.61 Å². The van der Waals surface area contributed by atoms with Gasteiger partial charge < -0.3 is 16.0 Å². The molecule has 1 aromatic rings. The first-order chi connectivity index (χ1) is 9.74. The van der Waals surface area contributed by atoms with Crippen LogP contribution in [0.25, 0.3) is 0 Å². The molecule has 0 heterocycles. The molecular weight excluding hydrogens is 254 g/mol. The van der Waals surface area contributed by atoms with E-state index in [-0.39, 0.29) is 12.4 Å². The van der Waals surface area contributed by atoms with Gasteiger partial charge in [-0.2, -0.15) is 0 Å². The first-order valence-electron chi connectivity index (χ1n) is 7.16. The Labute approximate surface area is 119 Å². The van der Waals surface area contributed by atoms with Gasteiger partial charge in [0.15, 0.2) is 5.84 Å². The van der Waals surface area contributed by atoms with Crippen molar-refractivity contribution < 1.29 is 10.3 Å². The summed E-state index contributed by atoms with van der Waals surface area (Å²) in [4.78, 5) is 2.35. The first-order valence-corrected chi connectivity index (χ1v) is 7.16. The largest absolute Gasteiger partial charge is 0.409 e. The highest BCUT2D eigenvalue weighted by Gasteiger charge is 2.22. The molecule has 0 spiro atoms. The number of oxime groups is 1. The lowest BCUT2D eigenvalue weighted by atomic mass is 10.1. The van der Waals surface area contributed by atoms with Crippen LogP contribution in [0.3, 0.4) is 0 Å². The number of benzene rings is 1. The molecule has 1 aromatic carbocycles. The lowest BCUT2D eigenvalue weighted by Crippen LogP contribution is -2.35. The number of hydrogen-bond acceptors (Lipinski definition) is 4. The van der Waals surface area contributed by atoms with Crippen molar-refractivity contribution in [3.63, 3.8) is 0 Å². The zero-order valence-corrected chi connectivity index (χ0v) is 11.7. The average Bonchev–Trinajstić information content (AvgIpc) is 3.01. The molecule has 0 bridgehead atoms. The van der Waals surface area contributed by atoms with E-state index in [0.29, 0.717) is 18.2 Å². The van der Waals surface area contributed by atoms with Crippen LogP contribution in [0.1, 0.15) is 36.8 Å². The lowest BCUT2D eigenvalue weighted by molar-refractivity contribution is 0.145. The molecule has 0 atom stereocenters. The van der Waals surface area contributed by atoms with Crippen molar-refractivity contribution in [2.24, 2.45) is 10.9 Å². The second kappa shape index (κ2) is 7.26. The maximum atomic E-state index is 9.22. The van der Waals surface area contributed by atoms with Gasteiger partial charge in [-0.25, -0.2) is 0 Å². The van der Waals surface area contributed by atoms with E-state index in [0.717, 1.165) is 6.54 Å². The molecule has 5 heteroatoms. The molecule has 0 radical (unpaired) electrons. The summed E-state index contributed by atoms with van der Waals surface area (Å²) in [6, 6.07) is 8.29. The van der Waals surface area contributed by atoms with Crippen molar-refractivity contribution in [2.75, 3.05) is 13.2 Å². The molecule has 4 N–H and O–H groups in total. The molecule has 5 nitrogen and oxygen atoms in total. The number of aliphatic hydroxyl groups is 1. The van der Waals surface area contributed by atoms with E-state index in [9.17, 15) is 5.11 Å². The Bertz CT molecular complexity index is 439. The molecule has 0 unspecified atom stereocenters. The molecule has 0 amide bonds. The SMILES string of the molecule is NC(=NO)c1ccc(CN(CCO)C2CCCC2)cc1. The van der Waals surface area contributed by atoms with Gasteiger partial charge in [-0.05, 0) is 18.4 Å². The predicted octanol–water partition coefficient (Wildman–Crippen LogP) is 1.52. The van der Waals surface area contributed by atoms with E-state index < -0.39 is 0 Å². The Morgan fingerprint density at radius 1 is 1.25 bits per heavy atom. The fourth-order valence-corrected chi connectivity index (χ4v) is 2.86. The molecule has 1 fully saturated rings. The second-order valence-corrected chi connectivity index (χ2v) is 5.31. The van der Waals surface area contributed by atoms with E-state index in [1.807, 2.05) is 24.3 Å². The van der Waals surface area contributed by atoms with Crippen LogP contribution in [0.15, 0.2) is 29.4 Å². The van der Waals surface area contributed by atoms with E-state index in [4.69, 9.17) is 10.9 Å². The summed E-state index contributed by atoms with van der Waals surface area (Å²) < 4.78 is 0. The third kappa shape index (κ3) is 3.71. The van der Waals surface area contributed by atoms with Crippen molar-refractivity contribution in [3.05, 3.63) is 35.4 Å². The van der Waals surface area contributed by atoms with Gasteiger partial charge in [0, 0.05) is 24.7 Å². The fourth-order valence-electron chi connectivity index (χ4n) is 2.86. The number of nitrogens with zero attached hydrogens (tertiary/aromatic N) is 2. The van der Waals surface area contributed by atoms with Gasteiger partial charge >= 0.3 is 0 Å². The van der Waals surface area contributed by atoms with Crippen molar-refractivity contribution in [1.29, 1.82) is 0 Å². The van der Waals surface area contributed by atoms with Crippen LogP contribution >= 0.6 is 0 Å². The normalized spacial score (nSPS) is 17.0. The van der Waals surface area contributed by atoms with Crippen LogP contribution < -0.4 is 5.73 Å². The summed E-state index contributed by atoms with van der Waals surface area (Å²) in [7, 11) is 0. The van der Waals surface area contributed by atoms with Gasteiger partial charge in [0.2, 0.25) is 0 Å². The summed E-state index contributed by atoms with van der Waals surface area (Å²) in [5.74, 6) is 0.125. The fraction of sp³-hybridized carbons (Fsp3) is 0.533. The van der Waals surface area contributed by atoms with Gasteiger partial charge in [0.1, 0.15) is 0 Å². The number of hydrogen-bond donors (Lipinski definition) is 3. The molecule has 0 aromatic heterocycles. The quantitative estimate of drug-likeness (QED) is 0.319. The highest BCUT2D eigenvalue weighted by atomic mass is 16.4. The van der Waals surface area contributed by atoms with E-state index in [1.54, 1.807) is 0 Å². The number of aliphatic hydroxyl groups excluding tert-OH is 1. The summed E-state index contributed by atoms with van der Waals surface area (Å²) in [5, 5.41) is 20.9. The monoisotopic (exact) mass is 277 g/mol. The number of rotatable bonds is 6. The molecule has 2 rings (SSSR count). The Morgan fingerprint density at radius 3 is 2.45 bits per heavy atom. The zero-order valence-electron chi connectivity index (χ0n) is 11.7. The van der Waals surface area contributed by atoms with Crippen LogP contribution in [0, 0.1) is 0 Å². The van der Waals surface area contributed by atoms with Gasteiger partial charge in [-0.15, -0.1) is 0 Å². The smallest absolute Gasteiger partial charge is 0.170 e. The van der Waals surface area contributed by atoms with Crippen LogP contribution in [0.4, 0.5) is 0 Å². The van der Waals surface area contributed by atoms with Gasteiger partial charge in [-0.1, -0.05) is 42.3 Å². The number of nitrogens with two attached hydrogens (primary N) is 1. The zero-order chi connectivity index (χ0) is 14.4. The second-order valence-electron chi connectivity index (χ2n) is 5.31. The van der Waals surface area contributed by atoms with Crippen LogP contribution in [-0.2, 0) is 6.54 Å². The minimum atomic E-state index is 0.125. The molecular formula is C15H23N3O2. The first kappa shape index (κ1) is 14.8. The summed E-state index contributed by atoms with van der Waals surface area (Å²) in [6.07, 6.45) is 5.02. The molecule has 1 aliphatic carbocycles. The molecule has 0 saturated heterocycles. The Hall–Kier alpha value is -1.59. The molecule has 110 valence electrons. The minimum absolute atomic E-state index is 0.125. The topological polar surface area (TPSA) is 82.1 Å². The average molecular weight is 277 g/mol. The van der Waals surface area contributed by atoms with E-state index in [1.165, 1.54) is 31.2 Å². The summed E-state index contributed by atoms with van der Waals surface area (Å²) in [6.45, 7) is 1.74. The predicted molar refractivity (Wildman–Crippen MR) is 78.7 cm³/mol. The maximum Gasteiger partial charge on any atom is 0.170 e. The summed E-state index contributed by atoms with van der Waals surface area (Å²) in [5.41, 5.74) is 7.44. The molecule has 1 aliphatic rings. The minimum Gasteiger partial charge on any atom is -0.409 e. The number of amidine groups is 1. The van der Waals surface area contributed by atoms with E-state index >= 15 is 0 Å². The standard InChI is InChI=1S/C15H23N3O2/c16-15(17-20)13-7-5-12(6-8-13)11-18(9-10-19)14-3-1-2-4-14/h5-8,14,19-20H,1-4,9-11H2,(H2,16,17). The van der Waals surface area contributed by atoms with Crippen molar-refractivity contribution >= 4 is 5.84 Å². The Morgan fingerprint density at radius 2 is 1.90 bits per heavy atom. The maximum absolute atomic E-state index is 9.22. The van der Waals surface area contributed by atoms with Crippen molar-refractivity contribution in [1.82, 2.24) is 4.90 Å². The molecule has 1 saturated carbocycles. The van der Waals surface area contributed by atoms with Gasteiger partial charge in [0.25, 0.3) is 0 Å². The Balaban J connectivity index is 2.02. The van der Waals surface area contributed by atoms with Gasteiger partial charge in [-0.3, -0.25) is 4.90 Å². The van der Waals surface area contributed by atoms with Crippen LogP contribution in [0.5, 0.6) is 0 Å². The van der Waals surface area contributed by atoms with E-state index in [2.05, 4.69) is 10.1 Å². The third-order valence-corrected chi connectivity index (χ3v) is 3.97. The highest BCUT2D eigenvalue weighted by molar-refractivity contribution is 5.96. The third-order valence-electron chi connectivity index (χ3n) is 3.97. The lowest BCUT2D eigenvalue weighted by Gasteiger charge is -2.28. The molecule has 0 aliphatic heterocycles.